The van der Waals surface area contributed by atoms with Gasteiger partial charge in [0.2, 0.25) is 5.91 Å². The number of methoxy groups -OCH3 is 1. The molecule has 0 unspecified atom stereocenters. The van der Waals surface area contributed by atoms with Crippen molar-refractivity contribution in [1.29, 1.82) is 0 Å². The van der Waals surface area contributed by atoms with Crippen LogP contribution in [0, 0.1) is 11.3 Å². The number of hydrogen-bond donors (Lipinski definition) is 1. The summed E-state index contributed by atoms with van der Waals surface area (Å²) >= 11 is 1.59. The SMILES string of the molecule is COCCN1CCC2(CCN(C(=O)CSC)CC2)[C@@H](CO)C1. The zero-order chi connectivity index (χ0) is 16.0. The summed E-state index contributed by atoms with van der Waals surface area (Å²) < 4.78 is 5.16. The minimum absolute atomic E-state index is 0.231. The van der Waals surface area contributed by atoms with Gasteiger partial charge in [0.05, 0.1) is 12.4 Å². The van der Waals surface area contributed by atoms with Crippen molar-refractivity contribution in [3.05, 3.63) is 0 Å². The maximum Gasteiger partial charge on any atom is 0.232 e. The summed E-state index contributed by atoms with van der Waals surface area (Å²) in [5, 5.41) is 9.87. The van der Waals surface area contributed by atoms with Gasteiger partial charge in [-0.05, 0) is 37.5 Å². The molecule has 0 radical (unpaired) electrons. The Hall–Kier alpha value is -0.300. The van der Waals surface area contributed by atoms with Crippen LogP contribution in [0.2, 0.25) is 0 Å². The van der Waals surface area contributed by atoms with Crippen LogP contribution in [0.15, 0.2) is 0 Å². The van der Waals surface area contributed by atoms with E-state index in [1.807, 2.05) is 11.2 Å². The Balaban J connectivity index is 1.90. The van der Waals surface area contributed by atoms with E-state index in [2.05, 4.69) is 4.90 Å². The molecule has 0 aromatic carbocycles. The number of carbonyl (C=O) groups excluding carboxylic acids is 1. The Morgan fingerprint density at radius 1 is 1.32 bits per heavy atom. The van der Waals surface area contributed by atoms with E-state index in [9.17, 15) is 9.90 Å². The lowest BCUT2D eigenvalue weighted by Gasteiger charge is -2.51. The van der Waals surface area contributed by atoms with Crippen LogP contribution in [0.5, 0.6) is 0 Å². The highest BCUT2D eigenvalue weighted by molar-refractivity contribution is 7.99. The van der Waals surface area contributed by atoms with Crippen LogP contribution in [0.4, 0.5) is 0 Å². The third-order valence-corrected chi connectivity index (χ3v) is 6.02. The Morgan fingerprint density at radius 3 is 2.59 bits per heavy atom. The van der Waals surface area contributed by atoms with Gasteiger partial charge in [0.25, 0.3) is 0 Å². The summed E-state index contributed by atoms with van der Waals surface area (Å²) in [6.07, 6.45) is 5.18. The molecule has 2 heterocycles. The largest absolute Gasteiger partial charge is 0.396 e. The smallest absolute Gasteiger partial charge is 0.232 e. The molecule has 128 valence electrons. The van der Waals surface area contributed by atoms with Crippen molar-refractivity contribution in [3.8, 4) is 0 Å². The quantitative estimate of drug-likeness (QED) is 0.785. The molecule has 0 aliphatic carbocycles. The standard InChI is InChI=1S/C16H30N2O3S/c1-21-10-9-17-6-3-16(14(11-17)12-19)4-7-18(8-5-16)15(20)13-22-2/h14,19H,3-13H2,1-2H3/t14-/m1/s1. The average Bonchev–Trinajstić information content (AvgIpc) is 2.55. The van der Waals surface area contributed by atoms with Gasteiger partial charge in [0.1, 0.15) is 0 Å². The van der Waals surface area contributed by atoms with E-state index >= 15 is 0 Å². The fourth-order valence-electron chi connectivity index (χ4n) is 3.93. The van der Waals surface area contributed by atoms with Gasteiger partial charge in [-0.3, -0.25) is 4.79 Å². The molecule has 2 aliphatic rings. The molecule has 0 aromatic rings. The predicted molar refractivity (Wildman–Crippen MR) is 90.1 cm³/mol. The van der Waals surface area contributed by atoms with Crippen LogP contribution >= 0.6 is 11.8 Å². The first kappa shape index (κ1) is 18.0. The zero-order valence-electron chi connectivity index (χ0n) is 13.9. The van der Waals surface area contributed by atoms with E-state index in [1.165, 1.54) is 0 Å². The maximum atomic E-state index is 12.0. The molecule has 5 nitrogen and oxygen atoms in total. The lowest BCUT2D eigenvalue weighted by molar-refractivity contribution is -0.132. The minimum Gasteiger partial charge on any atom is -0.396 e. The molecule has 2 fully saturated rings. The van der Waals surface area contributed by atoms with Crippen LogP contribution in [0.3, 0.4) is 0 Å². The van der Waals surface area contributed by atoms with Crippen molar-refractivity contribution in [2.45, 2.75) is 19.3 Å². The zero-order valence-corrected chi connectivity index (χ0v) is 14.7. The van der Waals surface area contributed by atoms with Crippen LogP contribution in [0.25, 0.3) is 0 Å². The van der Waals surface area contributed by atoms with E-state index in [0.717, 1.165) is 58.6 Å². The molecule has 6 heteroatoms. The molecule has 0 saturated carbocycles. The number of piperidine rings is 2. The van der Waals surface area contributed by atoms with Crippen LogP contribution in [0.1, 0.15) is 19.3 Å². The number of nitrogens with zero attached hydrogens (tertiary/aromatic N) is 2. The Morgan fingerprint density at radius 2 is 2.00 bits per heavy atom. The van der Waals surface area contributed by atoms with Crippen molar-refractivity contribution < 1.29 is 14.6 Å². The molecule has 0 aromatic heterocycles. The molecule has 1 atom stereocenters. The van der Waals surface area contributed by atoms with E-state index < -0.39 is 0 Å². The van der Waals surface area contributed by atoms with Gasteiger partial charge in [-0.2, -0.15) is 11.8 Å². The van der Waals surface area contributed by atoms with Gasteiger partial charge in [0, 0.05) is 45.8 Å². The van der Waals surface area contributed by atoms with E-state index in [1.54, 1.807) is 18.9 Å². The number of aliphatic hydroxyl groups excluding tert-OH is 1. The molecule has 2 saturated heterocycles. The van der Waals surface area contributed by atoms with Gasteiger partial charge >= 0.3 is 0 Å². The Labute approximate surface area is 138 Å². The predicted octanol–water partition coefficient (Wildman–Crippen LogP) is 0.919. The molecule has 1 amide bonds. The summed E-state index contributed by atoms with van der Waals surface area (Å²) in [6, 6.07) is 0. The summed E-state index contributed by atoms with van der Waals surface area (Å²) in [4.78, 5) is 16.4. The molecule has 1 N–H and O–H groups in total. The number of carbonyl (C=O) groups is 1. The minimum atomic E-state index is 0.231. The third kappa shape index (κ3) is 4.16. The Kier molecular flexibility index (Phi) is 6.99. The molecule has 2 aliphatic heterocycles. The monoisotopic (exact) mass is 330 g/mol. The van der Waals surface area contributed by atoms with Crippen molar-refractivity contribution in [3.63, 3.8) is 0 Å². The normalized spacial score (nSPS) is 25.6. The maximum absolute atomic E-state index is 12.0. The average molecular weight is 330 g/mol. The van der Waals surface area contributed by atoms with Crippen molar-refractivity contribution >= 4 is 17.7 Å². The molecule has 0 bridgehead atoms. The van der Waals surface area contributed by atoms with Gasteiger partial charge in [-0.1, -0.05) is 0 Å². The van der Waals surface area contributed by atoms with Crippen molar-refractivity contribution in [1.82, 2.24) is 9.80 Å². The summed E-state index contributed by atoms with van der Waals surface area (Å²) in [5.74, 6) is 1.18. The van der Waals surface area contributed by atoms with E-state index in [-0.39, 0.29) is 17.9 Å². The molecule has 2 rings (SSSR count). The van der Waals surface area contributed by atoms with Gasteiger partial charge in [0.15, 0.2) is 0 Å². The Bertz CT molecular complexity index is 359. The lowest BCUT2D eigenvalue weighted by atomic mass is 9.64. The summed E-state index contributed by atoms with van der Waals surface area (Å²) in [5.41, 5.74) is 0.231. The second-order valence-corrected chi connectivity index (χ2v) is 7.47. The molecule has 1 spiro atoms. The highest BCUT2D eigenvalue weighted by atomic mass is 32.2. The highest BCUT2D eigenvalue weighted by Gasteiger charge is 2.44. The highest BCUT2D eigenvalue weighted by Crippen LogP contribution is 2.45. The van der Waals surface area contributed by atoms with Crippen LogP contribution in [-0.4, -0.2) is 85.9 Å². The van der Waals surface area contributed by atoms with Gasteiger partial charge in [-0.25, -0.2) is 0 Å². The second-order valence-electron chi connectivity index (χ2n) is 6.60. The summed E-state index contributed by atoms with van der Waals surface area (Å²) in [6.45, 7) is 5.70. The second kappa shape index (κ2) is 8.52. The topological polar surface area (TPSA) is 53.0 Å². The number of rotatable bonds is 6. The first-order valence-corrected chi connectivity index (χ1v) is 9.63. The molecule has 22 heavy (non-hydrogen) atoms. The number of hydrogen-bond acceptors (Lipinski definition) is 5. The number of amides is 1. The number of ether oxygens (including phenoxy) is 1. The van der Waals surface area contributed by atoms with Gasteiger partial charge in [-0.15, -0.1) is 0 Å². The van der Waals surface area contributed by atoms with Crippen LogP contribution < -0.4 is 0 Å². The fraction of sp³-hybridized carbons (Fsp3) is 0.938. The first-order valence-electron chi connectivity index (χ1n) is 8.24. The number of thioether (sulfide) groups is 1. The van der Waals surface area contributed by atoms with E-state index in [0.29, 0.717) is 11.7 Å². The van der Waals surface area contributed by atoms with E-state index in [4.69, 9.17) is 4.74 Å². The first-order chi connectivity index (χ1) is 10.6. The third-order valence-electron chi connectivity index (χ3n) is 5.48. The molecular formula is C16H30N2O3S. The van der Waals surface area contributed by atoms with Crippen LogP contribution in [-0.2, 0) is 9.53 Å². The van der Waals surface area contributed by atoms with Crippen molar-refractivity contribution in [2.24, 2.45) is 11.3 Å². The summed E-state index contributed by atoms with van der Waals surface area (Å²) in [7, 11) is 1.73. The number of likely N-dealkylation sites (tertiary alicyclic amines) is 2. The van der Waals surface area contributed by atoms with Gasteiger partial charge < -0.3 is 19.6 Å². The molecular weight excluding hydrogens is 300 g/mol. The van der Waals surface area contributed by atoms with Crippen molar-refractivity contribution in [2.75, 3.05) is 65.1 Å². The lowest BCUT2D eigenvalue weighted by Crippen LogP contribution is -2.54. The fourth-order valence-corrected chi connectivity index (χ4v) is 4.36. The number of aliphatic hydroxyl groups is 1.